The molecule has 1 aliphatic heterocycles. The summed E-state index contributed by atoms with van der Waals surface area (Å²) in [7, 11) is 0. The molecule has 3 rings (SSSR count). The van der Waals surface area contributed by atoms with Crippen LogP contribution in [0, 0.1) is 0 Å². The van der Waals surface area contributed by atoms with Crippen molar-refractivity contribution < 1.29 is 4.42 Å². The van der Waals surface area contributed by atoms with Crippen LogP contribution in [0.2, 0.25) is 0 Å². The van der Waals surface area contributed by atoms with Crippen molar-refractivity contribution in [2.75, 3.05) is 13.1 Å². The molecule has 2 atom stereocenters. The van der Waals surface area contributed by atoms with Gasteiger partial charge in [0, 0.05) is 18.6 Å². The quantitative estimate of drug-likeness (QED) is 0.904. The summed E-state index contributed by atoms with van der Waals surface area (Å²) in [5.41, 5.74) is 0. The second-order valence-electron chi connectivity index (χ2n) is 5.54. The molecule has 100 valence electrons. The van der Waals surface area contributed by atoms with E-state index in [2.05, 4.69) is 39.1 Å². The van der Waals surface area contributed by atoms with E-state index in [0.29, 0.717) is 12.1 Å². The standard InChI is InChI=1S/C14H21BrN2O/c1-10(13-6-7-14(15)18-13)17(12-4-5-12)9-11-3-2-8-16-11/h6-7,10-12,16H,2-5,8-9H2,1H3. The monoisotopic (exact) mass is 312 g/mol. The molecule has 1 saturated carbocycles. The Bertz CT molecular complexity index is 396. The van der Waals surface area contributed by atoms with Gasteiger partial charge in [0.15, 0.2) is 4.67 Å². The number of halogens is 1. The lowest BCUT2D eigenvalue weighted by Gasteiger charge is -2.30. The molecule has 4 heteroatoms. The van der Waals surface area contributed by atoms with Crippen LogP contribution in [0.15, 0.2) is 21.2 Å². The van der Waals surface area contributed by atoms with Crippen molar-refractivity contribution in [3.63, 3.8) is 0 Å². The zero-order valence-corrected chi connectivity index (χ0v) is 12.4. The molecule has 1 aromatic rings. The number of hydrogen-bond donors (Lipinski definition) is 1. The van der Waals surface area contributed by atoms with E-state index in [1.54, 1.807) is 0 Å². The van der Waals surface area contributed by atoms with Crippen molar-refractivity contribution in [2.24, 2.45) is 0 Å². The van der Waals surface area contributed by atoms with Crippen LogP contribution in [0.25, 0.3) is 0 Å². The first-order chi connectivity index (χ1) is 8.74. The first-order valence-electron chi connectivity index (χ1n) is 6.98. The van der Waals surface area contributed by atoms with Crippen LogP contribution in [0.3, 0.4) is 0 Å². The van der Waals surface area contributed by atoms with Crippen LogP contribution in [0.5, 0.6) is 0 Å². The number of hydrogen-bond acceptors (Lipinski definition) is 3. The van der Waals surface area contributed by atoms with Gasteiger partial charge in [-0.1, -0.05) is 0 Å². The van der Waals surface area contributed by atoms with E-state index >= 15 is 0 Å². The lowest BCUT2D eigenvalue weighted by molar-refractivity contribution is 0.162. The Kier molecular flexibility index (Phi) is 3.78. The number of furan rings is 1. The Morgan fingerprint density at radius 2 is 2.28 bits per heavy atom. The largest absolute Gasteiger partial charge is 0.453 e. The predicted octanol–water partition coefficient (Wildman–Crippen LogP) is 3.32. The third kappa shape index (κ3) is 2.81. The van der Waals surface area contributed by atoms with Gasteiger partial charge in [-0.2, -0.15) is 0 Å². The fourth-order valence-corrected chi connectivity index (χ4v) is 3.23. The summed E-state index contributed by atoms with van der Waals surface area (Å²) in [5.74, 6) is 1.08. The van der Waals surface area contributed by atoms with Gasteiger partial charge in [0.05, 0.1) is 6.04 Å². The summed E-state index contributed by atoms with van der Waals surface area (Å²) >= 11 is 3.39. The van der Waals surface area contributed by atoms with Crippen LogP contribution >= 0.6 is 15.9 Å². The van der Waals surface area contributed by atoms with Gasteiger partial charge in [-0.05, 0) is 67.2 Å². The third-order valence-corrected chi connectivity index (χ3v) is 4.54. The summed E-state index contributed by atoms with van der Waals surface area (Å²) in [6, 6.07) is 5.90. The second-order valence-corrected chi connectivity index (χ2v) is 6.32. The van der Waals surface area contributed by atoms with Gasteiger partial charge in [0.25, 0.3) is 0 Å². The smallest absolute Gasteiger partial charge is 0.169 e. The summed E-state index contributed by atoms with van der Waals surface area (Å²) in [6.07, 6.45) is 5.33. The highest BCUT2D eigenvalue weighted by atomic mass is 79.9. The fourth-order valence-electron chi connectivity index (χ4n) is 2.91. The molecule has 2 unspecified atom stereocenters. The van der Waals surface area contributed by atoms with Gasteiger partial charge in [-0.25, -0.2) is 0 Å². The molecular formula is C14H21BrN2O. The van der Waals surface area contributed by atoms with E-state index in [1.165, 1.54) is 32.2 Å². The highest BCUT2D eigenvalue weighted by Crippen LogP contribution is 2.35. The predicted molar refractivity (Wildman–Crippen MR) is 75.6 cm³/mol. The van der Waals surface area contributed by atoms with Crippen LogP contribution in [0.4, 0.5) is 0 Å². The van der Waals surface area contributed by atoms with Crippen LogP contribution in [-0.2, 0) is 0 Å². The maximum Gasteiger partial charge on any atom is 0.169 e. The van der Waals surface area contributed by atoms with Crippen LogP contribution in [0.1, 0.15) is 44.4 Å². The molecule has 2 fully saturated rings. The zero-order valence-electron chi connectivity index (χ0n) is 10.9. The van der Waals surface area contributed by atoms with Crippen molar-refractivity contribution in [3.8, 4) is 0 Å². The number of nitrogens with one attached hydrogen (secondary N) is 1. The highest BCUT2D eigenvalue weighted by molar-refractivity contribution is 9.10. The van der Waals surface area contributed by atoms with Crippen molar-refractivity contribution in [1.82, 2.24) is 10.2 Å². The lowest BCUT2D eigenvalue weighted by atomic mass is 10.1. The molecule has 0 aromatic carbocycles. The van der Waals surface area contributed by atoms with Crippen molar-refractivity contribution >= 4 is 15.9 Å². The van der Waals surface area contributed by atoms with E-state index < -0.39 is 0 Å². The van der Waals surface area contributed by atoms with Gasteiger partial charge in [-0.15, -0.1) is 0 Å². The second kappa shape index (κ2) is 5.35. The maximum absolute atomic E-state index is 5.72. The van der Waals surface area contributed by atoms with Crippen molar-refractivity contribution in [2.45, 2.75) is 50.7 Å². The average Bonchev–Trinajstić information content (AvgIpc) is 2.88. The van der Waals surface area contributed by atoms with E-state index in [-0.39, 0.29) is 0 Å². The lowest BCUT2D eigenvalue weighted by Crippen LogP contribution is -2.40. The summed E-state index contributed by atoms with van der Waals surface area (Å²) in [4.78, 5) is 2.62. The van der Waals surface area contributed by atoms with Gasteiger partial charge >= 0.3 is 0 Å². The SMILES string of the molecule is CC(c1ccc(Br)o1)N(CC1CCCN1)C1CC1. The molecule has 1 aromatic heterocycles. The Morgan fingerprint density at radius 1 is 1.44 bits per heavy atom. The molecular weight excluding hydrogens is 292 g/mol. The van der Waals surface area contributed by atoms with Crippen LogP contribution in [-0.4, -0.2) is 30.1 Å². The molecule has 1 aliphatic carbocycles. The summed E-state index contributed by atoms with van der Waals surface area (Å²) in [6.45, 7) is 4.60. The Hall–Kier alpha value is -0.320. The van der Waals surface area contributed by atoms with E-state index in [9.17, 15) is 0 Å². The van der Waals surface area contributed by atoms with E-state index in [4.69, 9.17) is 4.42 Å². The Balaban J connectivity index is 1.68. The minimum Gasteiger partial charge on any atom is -0.453 e. The fraction of sp³-hybridized carbons (Fsp3) is 0.714. The van der Waals surface area contributed by atoms with Gasteiger partial charge in [0.2, 0.25) is 0 Å². The molecule has 0 radical (unpaired) electrons. The van der Waals surface area contributed by atoms with Gasteiger partial charge in [0.1, 0.15) is 5.76 Å². The first-order valence-corrected chi connectivity index (χ1v) is 7.77. The molecule has 0 amide bonds. The van der Waals surface area contributed by atoms with Crippen molar-refractivity contribution in [1.29, 1.82) is 0 Å². The van der Waals surface area contributed by atoms with E-state index in [1.807, 2.05) is 6.07 Å². The Labute approximate surface area is 117 Å². The third-order valence-electron chi connectivity index (χ3n) is 4.11. The minimum atomic E-state index is 0.381. The van der Waals surface area contributed by atoms with Crippen molar-refractivity contribution in [3.05, 3.63) is 22.6 Å². The zero-order chi connectivity index (χ0) is 12.5. The molecule has 2 aliphatic rings. The highest BCUT2D eigenvalue weighted by Gasteiger charge is 2.35. The van der Waals surface area contributed by atoms with E-state index in [0.717, 1.165) is 23.0 Å². The Morgan fingerprint density at radius 3 is 2.83 bits per heavy atom. The first kappa shape index (κ1) is 12.7. The average molecular weight is 313 g/mol. The molecule has 1 N–H and O–H groups in total. The van der Waals surface area contributed by atoms with Crippen LogP contribution < -0.4 is 5.32 Å². The molecule has 3 nitrogen and oxygen atoms in total. The van der Waals surface area contributed by atoms with Gasteiger partial charge < -0.3 is 9.73 Å². The summed E-state index contributed by atoms with van der Waals surface area (Å²) in [5, 5.41) is 3.60. The molecule has 1 saturated heterocycles. The number of nitrogens with zero attached hydrogens (tertiary/aromatic N) is 1. The molecule has 0 spiro atoms. The minimum absolute atomic E-state index is 0.381. The maximum atomic E-state index is 5.72. The number of rotatable bonds is 5. The molecule has 0 bridgehead atoms. The molecule has 2 heterocycles. The summed E-state index contributed by atoms with van der Waals surface area (Å²) < 4.78 is 6.56. The van der Waals surface area contributed by atoms with Gasteiger partial charge in [-0.3, -0.25) is 4.90 Å². The molecule has 18 heavy (non-hydrogen) atoms. The normalized spacial score (nSPS) is 25.8. The topological polar surface area (TPSA) is 28.4 Å².